The molecule has 6 rings (SSSR count). The topological polar surface area (TPSA) is 55.4 Å². The maximum Gasteiger partial charge on any atom is 0.333 e. The number of benzene rings is 4. The lowest BCUT2D eigenvalue weighted by Gasteiger charge is -2.41. The fraction of sp³-hybridized carbons (Fsp3) is 0.259. The monoisotopic (exact) mass is 508 g/mol. The SMILES string of the molecule is c1ccc2c(COP3OCC4(CO3)COP(OCc3cccc5ccccc35)OC4)cccc2c1. The summed E-state index contributed by atoms with van der Waals surface area (Å²) in [5.74, 6) is 0. The summed E-state index contributed by atoms with van der Waals surface area (Å²) in [6.07, 6.45) is 0. The van der Waals surface area contributed by atoms with Crippen LogP contribution in [0, 0.1) is 5.41 Å². The highest BCUT2D eigenvalue weighted by atomic mass is 31.2. The van der Waals surface area contributed by atoms with E-state index in [4.69, 9.17) is 27.1 Å². The first-order chi connectivity index (χ1) is 17.3. The number of hydrogen-bond donors (Lipinski definition) is 0. The summed E-state index contributed by atoms with van der Waals surface area (Å²) in [6, 6.07) is 29.0. The van der Waals surface area contributed by atoms with E-state index in [1.807, 2.05) is 36.4 Å². The standard InChI is InChI=1S/C27H26O6P2/c1-3-13-25-21(7-1)9-5-11-23(25)15-28-34-30-17-27(18-31-34)19-32-35(33-20-27)29-16-24-12-6-10-22-8-2-4-14-26(22)24/h1-14H,15-20H2. The molecule has 35 heavy (non-hydrogen) atoms. The van der Waals surface area contributed by atoms with Gasteiger partial charge < -0.3 is 27.1 Å². The van der Waals surface area contributed by atoms with Crippen molar-refractivity contribution in [3.63, 3.8) is 0 Å². The van der Waals surface area contributed by atoms with Crippen LogP contribution in [0.3, 0.4) is 0 Å². The van der Waals surface area contributed by atoms with Crippen LogP contribution in [0.4, 0.5) is 0 Å². The van der Waals surface area contributed by atoms with E-state index in [2.05, 4.69) is 48.5 Å². The molecule has 2 aliphatic heterocycles. The van der Waals surface area contributed by atoms with E-state index in [1.165, 1.54) is 21.5 Å². The van der Waals surface area contributed by atoms with Crippen LogP contribution in [0.5, 0.6) is 0 Å². The number of fused-ring (bicyclic) bond motifs is 2. The van der Waals surface area contributed by atoms with Crippen LogP contribution in [-0.2, 0) is 40.4 Å². The minimum absolute atomic E-state index is 0.330. The molecule has 0 unspecified atom stereocenters. The second-order valence-corrected chi connectivity index (χ2v) is 11.3. The van der Waals surface area contributed by atoms with E-state index >= 15 is 0 Å². The van der Waals surface area contributed by atoms with Gasteiger partial charge in [-0.3, -0.25) is 0 Å². The minimum Gasteiger partial charge on any atom is -0.311 e. The Morgan fingerprint density at radius 2 is 0.943 bits per heavy atom. The molecule has 4 aromatic rings. The van der Waals surface area contributed by atoms with Crippen molar-refractivity contribution >= 4 is 38.7 Å². The molecule has 0 atom stereocenters. The molecule has 0 saturated carbocycles. The maximum absolute atomic E-state index is 5.97. The zero-order valence-corrected chi connectivity index (χ0v) is 21.0. The molecular formula is C27H26O6P2. The molecule has 0 aliphatic carbocycles. The van der Waals surface area contributed by atoms with Crippen LogP contribution in [0.2, 0.25) is 0 Å². The van der Waals surface area contributed by atoms with Crippen LogP contribution in [-0.4, -0.2) is 26.4 Å². The molecular weight excluding hydrogens is 482 g/mol. The third-order valence-electron chi connectivity index (χ3n) is 6.32. The number of rotatable bonds is 6. The van der Waals surface area contributed by atoms with Crippen LogP contribution < -0.4 is 0 Å². The Hall–Kier alpha value is -1.98. The molecule has 0 bridgehead atoms. The Balaban J connectivity index is 0.980. The van der Waals surface area contributed by atoms with Gasteiger partial charge >= 0.3 is 17.2 Å². The van der Waals surface area contributed by atoms with Crippen molar-refractivity contribution in [2.24, 2.45) is 5.41 Å². The summed E-state index contributed by atoms with van der Waals surface area (Å²) >= 11 is 0. The van der Waals surface area contributed by atoms with Gasteiger partial charge in [0.25, 0.3) is 0 Å². The highest BCUT2D eigenvalue weighted by Crippen LogP contribution is 2.53. The Morgan fingerprint density at radius 1 is 0.543 bits per heavy atom. The van der Waals surface area contributed by atoms with E-state index in [1.54, 1.807) is 0 Å². The Kier molecular flexibility index (Phi) is 7.07. The first kappa shape index (κ1) is 23.4. The lowest BCUT2D eigenvalue weighted by atomic mass is 9.93. The van der Waals surface area contributed by atoms with Crippen molar-refractivity contribution in [1.82, 2.24) is 0 Å². The number of hydrogen-bond acceptors (Lipinski definition) is 6. The third kappa shape index (κ3) is 5.27. The van der Waals surface area contributed by atoms with Crippen molar-refractivity contribution < 1.29 is 27.1 Å². The first-order valence-corrected chi connectivity index (χ1v) is 13.8. The van der Waals surface area contributed by atoms with Crippen molar-refractivity contribution in [3.05, 3.63) is 96.1 Å². The molecule has 8 heteroatoms. The van der Waals surface area contributed by atoms with E-state index in [0.717, 1.165) is 11.1 Å². The average Bonchev–Trinajstić information content (AvgIpc) is 2.92. The molecule has 2 aliphatic rings. The lowest BCUT2D eigenvalue weighted by Crippen LogP contribution is -2.44. The van der Waals surface area contributed by atoms with E-state index in [0.29, 0.717) is 39.6 Å². The van der Waals surface area contributed by atoms with Gasteiger partial charge in [0.2, 0.25) is 0 Å². The molecule has 4 aromatic carbocycles. The van der Waals surface area contributed by atoms with Gasteiger partial charge in [-0.25, -0.2) is 0 Å². The predicted molar refractivity (Wildman–Crippen MR) is 138 cm³/mol. The molecule has 2 fully saturated rings. The summed E-state index contributed by atoms with van der Waals surface area (Å²) in [4.78, 5) is 0. The van der Waals surface area contributed by atoms with Gasteiger partial charge in [-0.05, 0) is 32.7 Å². The fourth-order valence-electron chi connectivity index (χ4n) is 4.31. The molecule has 0 amide bonds. The zero-order valence-electron chi connectivity index (χ0n) is 19.2. The predicted octanol–water partition coefficient (Wildman–Crippen LogP) is 7.26. The normalized spacial score (nSPS) is 24.8. The van der Waals surface area contributed by atoms with Crippen molar-refractivity contribution in [2.75, 3.05) is 26.4 Å². The Labute approximate surface area is 207 Å². The highest BCUT2D eigenvalue weighted by Gasteiger charge is 2.44. The molecule has 2 saturated heterocycles. The van der Waals surface area contributed by atoms with Crippen LogP contribution in [0.1, 0.15) is 11.1 Å². The molecule has 6 nitrogen and oxygen atoms in total. The summed E-state index contributed by atoms with van der Waals surface area (Å²) in [5.41, 5.74) is 1.91. The van der Waals surface area contributed by atoms with Gasteiger partial charge in [-0.2, -0.15) is 0 Å². The van der Waals surface area contributed by atoms with Gasteiger partial charge in [-0.1, -0.05) is 84.9 Å². The van der Waals surface area contributed by atoms with Crippen molar-refractivity contribution in [1.29, 1.82) is 0 Å². The molecule has 0 radical (unpaired) electrons. The molecule has 0 aromatic heterocycles. The lowest BCUT2D eigenvalue weighted by molar-refractivity contribution is -0.0771. The first-order valence-electron chi connectivity index (χ1n) is 11.6. The van der Waals surface area contributed by atoms with Gasteiger partial charge in [0.05, 0.1) is 45.1 Å². The van der Waals surface area contributed by atoms with Crippen LogP contribution in [0.25, 0.3) is 21.5 Å². The average molecular weight is 508 g/mol. The van der Waals surface area contributed by atoms with Crippen molar-refractivity contribution in [3.8, 4) is 0 Å². The van der Waals surface area contributed by atoms with E-state index in [-0.39, 0.29) is 5.41 Å². The molecule has 2 heterocycles. The fourth-order valence-corrected chi connectivity index (χ4v) is 6.77. The van der Waals surface area contributed by atoms with Gasteiger partial charge in [0.1, 0.15) is 0 Å². The largest absolute Gasteiger partial charge is 0.333 e. The van der Waals surface area contributed by atoms with Crippen molar-refractivity contribution in [2.45, 2.75) is 13.2 Å². The molecule has 180 valence electrons. The quantitative estimate of drug-likeness (QED) is 0.256. The zero-order chi connectivity index (χ0) is 23.5. The smallest absolute Gasteiger partial charge is 0.311 e. The summed E-state index contributed by atoms with van der Waals surface area (Å²) < 4.78 is 35.7. The van der Waals surface area contributed by atoms with Gasteiger partial charge in [0, 0.05) is 0 Å². The van der Waals surface area contributed by atoms with Crippen LogP contribution in [0.15, 0.2) is 84.9 Å². The van der Waals surface area contributed by atoms with E-state index < -0.39 is 17.2 Å². The van der Waals surface area contributed by atoms with Gasteiger partial charge in [-0.15, -0.1) is 0 Å². The third-order valence-corrected chi connectivity index (χ3v) is 8.35. The maximum atomic E-state index is 5.97. The Morgan fingerprint density at radius 3 is 1.40 bits per heavy atom. The second kappa shape index (κ2) is 10.6. The van der Waals surface area contributed by atoms with Crippen LogP contribution >= 0.6 is 17.2 Å². The summed E-state index contributed by atoms with van der Waals surface area (Å²) in [5, 5.41) is 4.76. The minimum atomic E-state index is -1.40. The molecule has 1 spiro atoms. The highest BCUT2D eigenvalue weighted by molar-refractivity contribution is 7.42. The summed E-state index contributed by atoms with van der Waals surface area (Å²) in [6.45, 7) is 2.78. The van der Waals surface area contributed by atoms with Gasteiger partial charge in [0.15, 0.2) is 0 Å². The van der Waals surface area contributed by atoms with E-state index in [9.17, 15) is 0 Å². The Bertz CT molecular complexity index is 1180. The summed E-state index contributed by atoms with van der Waals surface area (Å²) in [7, 11) is -2.81. The second-order valence-electron chi connectivity index (χ2n) is 8.86. The molecule has 0 N–H and O–H groups in total.